The summed E-state index contributed by atoms with van der Waals surface area (Å²) in [5.74, 6) is 7.47. The molecule has 0 radical (unpaired) electrons. The van der Waals surface area contributed by atoms with Crippen LogP contribution in [0.5, 0.6) is 0 Å². The zero-order valence-corrected chi connectivity index (χ0v) is 12.7. The highest BCUT2D eigenvalue weighted by Crippen LogP contribution is 2.30. The standard InChI is InChI=1S/C15H22N6/c1-4-21(9-12-5-7-17-8-6-12)15-13(11(2)3)14(20-16)18-10-19-15/h5-8,10-11H,4,9,16H2,1-3H3,(H,18,19,20). The van der Waals surface area contributed by atoms with Crippen molar-refractivity contribution in [2.24, 2.45) is 5.84 Å². The zero-order chi connectivity index (χ0) is 15.2. The monoisotopic (exact) mass is 286 g/mol. The van der Waals surface area contributed by atoms with E-state index in [9.17, 15) is 0 Å². The molecule has 0 unspecified atom stereocenters. The van der Waals surface area contributed by atoms with Gasteiger partial charge in [-0.15, -0.1) is 0 Å². The van der Waals surface area contributed by atoms with E-state index >= 15 is 0 Å². The molecule has 2 aromatic heterocycles. The summed E-state index contributed by atoms with van der Waals surface area (Å²) in [7, 11) is 0. The first-order valence-electron chi connectivity index (χ1n) is 7.12. The van der Waals surface area contributed by atoms with E-state index in [4.69, 9.17) is 5.84 Å². The summed E-state index contributed by atoms with van der Waals surface area (Å²) in [6.07, 6.45) is 5.16. The number of nitrogens with two attached hydrogens (primary N) is 1. The molecule has 2 heterocycles. The van der Waals surface area contributed by atoms with Crippen LogP contribution in [0.1, 0.15) is 37.8 Å². The molecule has 21 heavy (non-hydrogen) atoms. The van der Waals surface area contributed by atoms with E-state index in [0.717, 1.165) is 24.5 Å². The van der Waals surface area contributed by atoms with Gasteiger partial charge in [-0.1, -0.05) is 13.8 Å². The summed E-state index contributed by atoms with van der Waals surface area (Å²) in [5, 5.41) is 0. The molecule has 0 spiro atoms. The number of aromatic nitrogens is 3. The molecular weight excluding hydrogens is 264 g/mol. The molecule has 2 rings (SSSR count). The van der Waals surface area contributed by atoms with Gasteiger partial charge in [0, 0.05) is 31.0 Å². The molecule has 0 bridgehead atoms. The topological polar surface area (TPSA) is 80.0 Å². The second-order valence-electron chi connectivity index (χ2n) is 5.13. The predicted molar refractivity (Wildman–Crippen MR) is 84.9 cm³/mol. The van der Waals surface area contributed by atoms with E-state index in [2.05, 4.69) is 46.0 Å². The first-order chi connectivity index (χ1) is 10.2. The molecule has 0 aromatic carbocycles. The largest absolute Gasteiger partial charge is 0.352 e. The van der Waals surface area contributed by atoms with Gasteiger partial charge in [-0.2, -0.15) is 0 Å². The Kier molecular flexibility index (Phi) is 5.05. The molecular formula is C15H22N6. The van der Waals surface area contributed by atoms with Crippen LogP contribution >= 0.6 is 0 Å². The van der Waals surface area contributed by atoms with Crippen LogP contribution in [0.25, 0.3) is 0 Å². The van der Waals surface area contributed by atoms with Crippen LogP contribution < -0.4 is 16.2 Å². The summed E-state index contributed by atoms with van der Waals surface area (Å²) in [4.78, 5) is 15.0. The molecule has 0 amide bonds. The number of pyridine rings is 1. The Bertz CT molecular complexity index is 570. The Morgan fingerprint density at radius 1 is 1.24 bits per heavy atom. The summed E-state index contributed by atoms with van der Waals surface area (Å²) in [6.45, 7) is 7.97. The first-order valence-corrected chi connectivity index (χ1v) is 7.12. The Hall–Kier alpha value is -2.21. The molecule has 2 aromatic rings. The highest BCUT2D eigenvalue weighted by Gasteiger charge is 2.18. The van der Waals surface area contributed by atoms with Crippen LogP contribution in [0.3, 0.4) is 0 Å². The van der Waals surface area contributed by atoms with Crippen molar-refractivity contribution < 1.29 is 0 Å². The number of rotatable bonds is 6. The van der Waals surface area contributed by atoms with E-state index in [1.807, 2.05) is 12.1 Å². The van der Waals surface area contributed by atoms with Gasteiger partial charge in [-0.3, -0.25) is 4.98 Å². The van der Waals surface area contributed by atoms with Crippen molar-refractivity contribution in [3.8, 4) is 0 Å². The molecule has 0 aliphatic rings. The number of hydrogen-bond acceptors (Lipinski definition) is 6. The third-order valence-corrected chi connectivity index (χ3v) is 3.38. The minimum atomic E-state index is 0.277. The molecule has 3 N–H and O–H groups in total. The van der Waals surface area contributed by atoms with Crippen LogP contribution in [-0.2, 0) is 6.54 Å². The average Bonchev–Trinajstić information content (AvgIpc) is 2.52. The van der Waals surface area contributed by atoms with Gasteiger partial charge in [0.1, 0.15) is 18.0 Å². The highest BCUT2D eigenvalue weighted by molar-refractivity contribution is 5.60. The Balaban J connectivity index is 2.38. The second-order valence-corrected chi connectivity index (χ2v) is 5.13. The second kappa shape index (κ2) is 6.99. The smallest absolute Gasteiger partial charge is 0.148 e. The van der Waals surface area contributed by atoms with Crippen LogP contribution in [0, 0.1) is 0 Å². The lowest BCUT2D eigenvalue weighted by atomic mass is 10.0. The van der Waals surface area contributed by atoms with Crippen molar-refractivity contribution in [1.82, 2.24) is 15.0 Å². The lowest BCUT2D eigenvalue weighted by molar-refractivity contribution is 0.770. The quantitative estimate of drug-likeness (QED) is 0.626. The molecule has 6 nitrogen and oxygen atoms in total. The van der Waals surface area contributed by atoms with Crippen molar-refractivity contribution in [3.63, 3.8) is 0 Å². The fourth-order valence-electron chi connectivity index (χ4n) is 2.33. The predicted octanol–water partition coefficient (Wildman–Crippen LogP) is 2.31. The molecule has 0 aliphatic heterocycles. The average molecular weight is 286 g/mol. The minimum absolute atomic E-state index is 0.277. The van der Waals surface area contributed by atoms with E-state index in [0.29, 0.717) is 5.82 Å². The lowest BCUT2D eigenvalue weighted by Gasteiger charge is -2.26. The summed E-state index contributed by atoms with van der Waals surface area (Å²) in [5.41, 5.74) is 4.91. The maximum Gasteiger partial charge on any atom is 0.148 e. The number of hydrogen-bond donors (Lipinski definition) is 2. The van der Waals surface area contributed by atoms with Gasteiger partial charge in [0.15, 0.2) is 0 Å². The fourth-order valence-corrected chi connectivity index (χ4v) is 2.33. The molecule has 0 atom stereocenters. The lowest BCUT2D eigenvalue weighted by Crippen LogP contribution is -2.26. The van der Waals surface area contributed by atoms with Crippen LogP contribution in [0.4, 0.5) is 11.6 Å². The third kappa shape index (κ3) is 3.46. The highest BCUT2D eigenvalue weighted by atomic mass is 15.3. The van der Waals surface area contributed by atoms with Gasteiger partial charge in [0.05, 0.1) is 0 Å². The summed E-state index contributed by atoms with van der Waals surface area (Å²) < 4.78 is 0. The Morgan fingerprint density at radius 2 is 1.95 bits per heavy atom. The maximum absolute atomic E-state index is 5.58. The number of nitrogen functional groups attached to an aromatic ring is 1. The fraction of sp³-hybridized carbons (Fsp3) is 0.400. The SMILES string of the molecule is CCN(Cc1ccncc1)c1ncnc(NN)c1C(C)C. The van der Waals surface area contributed by atoms with Crippen molar-refractivity contribution in [1.29, 1.82) is 0 Å². The number of nitrogens with zero attached hydrogens (tertiary/aromatic N) is 4. The number of anilines is 2. The van der Waals surface area contributed by atoms with E-state index < -0.39 is 0 Å². The minimum Gasteiger partial charge on any atom is -0.352 e. The Labute approximate surface area is 125 Å². The number of nitrogens with one attached hydrogen (secondary N) is 1. The van der Waals surface area contributed by atoms with Gasteiger partial charge < -0.3 is 10.3 Å². The first kappa shape index (κ1) is 15.2. The van der Waals surface area contributed by atoms with Gasteiger partial charge >= 0.3 is 0 Å². The van der Waals surface area contributed by atoms with Gasteiger partial charge in [0.2, 0.25) is 0 Å². The molecule has 0 aliphatic carbocycles. The van der Waals surface area contributed by atoms with E-state index in [-0.39, 0.29) is 5.92 Å². The number of hydrazine groups is 1. The van der Waals surface area contributed by atoms with E-state index in [1.165, 1.54) is 5.56 Å². The summed E-state index contributed by atoms with van der Waals surface area (Å²) >= 11 is 0. The normalized spacial score (nSPS) is 10.7. The van der Waals surface area contributed by atoms with Crippen LogP contribution in [0.2, 0.25) is 0 Å². The van der Waals surface area contributed by atoms with Crippen molar-refractivity contribution in [2.45, 2.75) is 33.2 Å². The molecule has 0 saturated heterocycles. The van der Waals surface area contributed by atoms with Crippen molar-refractivity contribution in [3.05, 3.63) is 42.0 Å². The molecule has 0 fully saturated rings. The summed E-state index contributed by atoms with van der Waals surface area (Å²) in [6, 6.07) is 4.03. The van der Waals surface area contributed by atoms with Gasteiger partial charge in [-0.25, -0.2) is 15.8 Å². The van der Waals surface area contributed by atoms with Crippen LogP contribution in [0.15, 0.2) is 30.9 Å². The van der Waals surface area contributed by atoms with Crippen molar-refractivity contribution in [2.75, 3.05) is 16.9 Å². The zero-order valence-electron chi connectivity index (χ0n) is 12.7. The van der Waals surface area contributed by atoms with Crippen LogP contribution in [-0.4, -0.2) is 21.5 Å². The van der Waals surface area contributed by atoms with E-state index in [1.54, 1.807) is 18.7 Å². The van der Waals surface area contributed by atoms with Gasteiger partial charge in [-0.05, 0) is 30.5 Å². The Morgan fingerprint density at radius 3 is 2.52 bits per heavy atom. The van der Waals surface area contributed by atoms with Gasteiger partial charge in [0.25, 0.3) is 0 Å². The molecule has 112 valence electrons. The molecule has 0 saturated carbocycles. The van der Waals surface area contributed by atoms with Crippen molar-refractivity contribution >= 4 is 11.6 Å². The third-order valence-electron chi connectivity index (χ3n) is 3.38. The molecule has 6 heteroatoms. The maximum atomic E-state index is 5.58.